The first kappa shape index (κ1) is 18.9. The van der Waals surface area contributed by atoms with Crippen molar-refractivity contribution in [1.82, 2.24) is 20.0 Å². The summed E-state index contributed by atoms with van der Waals surface area (Å²) < 4.78 is 0. The Morgan fingerprint density at radius 3 is 2.69 bits per heavy atom. The van der Waals surface area contributed by atoms with Crippen LogP contribution in [0.5, 0.6) is 0 Å². The van der Waals surface area contributed by atoms with Crippen molar-refractivity contribution in [2.45, 2.75) is 64.6 Å². The lowest BCUT2D eigenvalue weighted by molar-refractivity contribution is -0.152. The minimum Gasteiger partial charge on any atom is -0.336 e. The van der Waals surface area contributed by atoms with Crippen LogP contribution in [0.3, 0.4) is 0 Å². The van der Waals surface area contributed by atoms with Crippen LogP contribution in [-0.2, 0) is 17.8 Å². The number of hydrogen-bond donors (Lipinski definition) is 1. The molecule has 0 spiro atoms. The lowest BCUT2D eigenvalue weighted by Gasteiger charge is -2.57. The van der Waals surface area contributed by atoms with Crippen LogP contribution in [0, 0.1) is 25.7 Å². The van der Waals surface area contributed by atoms with E-state index in [0.29, 0.717) is 29.8 Å². The van der Waals surface area contributed by atoms with Gasteiger partial charge in [-0.25, -0.2) is 0 Å². The standard InChI is InChI=1S/C24H32N4O/c1-16-21(17(2)26-25-16)15-27-13-19-12-20(14-27)23(11-18-7-4-3-5-8-18)28-22(19)9-6-10-24(28)29/h3-5,7-8,19-20,22-23H,6,9-15H2,1-2H3,(H,25,26)/t19-,20+,22+,23+/m1/s1. The van der Waals surface area contributed by atoms with Crippen LogP contribution in [0.2, 0.25) is 0 Å². The molecule has 3 fully saturated rings. The van der Waals surface area contributed by atoms with E-state index in [4.69, 9.17) is 0 Å². The highest BCUT2D eigenvalue weighted by Gasteiger charge is 2.49. The number of hydrogen-bond acceptors (Lipinski definition) is 3. The first-order valence-corrected chi connectivity index (χ1v) is 11.2. The molecular weight excluding hydrogens is 360 g/mol. The van der Waals surface area contributed by atoms with Crippen molar-refractivity contribution in [2.24, 2.45) is 11.8 Å². The maximum Gasteiger partial charge on any atom is 0.223 e. The number of fused-ring (bicyclic) bond motifs is 4. The third-order valence-electron chi connectivity index (χ3n) is 7.52. The number of benzene rings is 1. The number of nitrogens with zero attached hydrogens (tertiary/aromatic N) is 3. The van der Waals surface area contributed by atoms with Crippen LogP contribution in [0.4, 0.5) is 0 Å². The number of aromatic nitrogens is 2. The highest BCUT2D eigenvalue weighted by molar-refractivity contribution is 5.78. The highest BCUT2D eigenvalue weighted by Crippen LogP contribution is 2.43. The lowest BCUT2D eigenvalue weighted by Crippen LogP contribution is -2.65. The van der Waals surface area contributed by atoms with Crippen molar-refractivity contribution < 1.29 is 4.79 Å². The largest absolute Gasteiger partial charge is 0.336 e. The Balaban J connectivity index is 1.42. The second-order valence-corrected chi connectivity index (χ2v) is 9.38. The molecule has 1 aromatic heterocycles. The van der Waals surface area contributed by atoms with Gasteiger partial charge in [-0.1, -0.05) is 30.3 Å². The number of nitrogens with one attached hydrogen (secondary N) is 1. The third kappa shape index (κ3) is 3.50. The van der Waals surface area contributed by atoms with Gasteiger partial charge in [-0.15, -0.1) is 0 Å². The molecule has 5 heteroatoms. The van der Waals surface area contributed by atoms with Gasteiger partial charge in [0, 0.05) is 49.4 Å². The fraction of sp³-hybridized carbons (Fsp3) is 0.583. The molecule has 4 heterocycles. The summed E-state index contributed by atoms with van der Waals surface area (Å²) in [5, 5.41) is 7.54. The van der Waals surface area contributed by atoms with Crippen molar-refractivity contribution in [3.63, 3.8) is 0 Å². The Hall–Kier alpha value is -2.14. The molecule has 2 aromatic rings. The summed E-state index contributed by atoms with van der Waals surface area (Å²) in [6, 6.07) is 11.5. The van der Waals surface area contributed by atoms with Crippen molar-refractivity contribution in [2.75, 3.05) is 13.1 Å². The lowest BCUT2D eigenvalue weighted by atomic mass is 9.70. The van der Waals surface area contributed by atoms with Crippen LogP contribution in [-0.4, -0.2) is 51.1 Å². The van der Waals surface area contributed by atoms with E-state index in [1.165, 1.54) is 29.7 Å². The molecule has 3 saturated heterocycles. The molecule has 29 heavy (non-hydrogen) atoms. The van der Waals surface area contributed by atoms with E-state index in [1.54, 1.807) is 0 Å². The Bertz CT molecular complexity index is 857. The molecule has 1 aromatic carbocycles. The zero-order chi connectivity index (χ0) is 20.0. The fourth-order valence-electron chi connectivity index (χ4n) is 6.15. The summed E-state index contributed by atoms with van der Waals surface area (Å²) in [5.41, 5.74) is 5.01. The van der Waals surface area contributed by atoms with Crippen LogP contribution < -0.4 is 0 Å². The van der Waals surface area contributed by atoms with Gasteiger partial charge < -0.3 is 4.90 Å². The predicted octanol–water partition coefficient (Wildman–Crippen LogP) is 3.47. The molecule has 154 valence electrons. The summed E-state index contributed by atoms with van der Waals surface area (Å²) in [5.74, 6) is 1.56. The molecule has 4 atom stereocenters. The van der Waals surface area contributed by atoms with Crippen molar-refractivity contribution in [1.29, 1.82) is 0 Å². The van der Waals surface area contributed by atoms with Gasteiger partial charge in [-0.05, 0) is 56.9 Å². The number of carbonyl (C=O) groups is 1. The number of likely N-dealkylation sites (tertiary alicyclic amines) is 1. The summed E-state index contributed by atoms with van der Waals surface area (Å²) in [7, 11) is 0. The summed E-state index contributed by atoms with van der Waals surface area (Å²) >= 11 is 0. The first-order chi connectivity index (χ1) is 14.1. The Kier molecular flexibility index (Phi) is 4.94. The molecule has 0 saturated carbocycles. The SMILES string of the molecule is Cc1n[nH]c(C)c1CN1C[C@H]2C[C@@H](C1)[C@H](Cc1ccccc1)N1C(=O)CCC[C@@H]21. The van der Waals surface area contributed by atoms with E-state index in [2.05, 4.69) is 64.2 Å². The van der Waals surface area contributed by atoms with E-state index in [-0.39, 0.29) is 0 Å². The quantitative estimate of drug-likeness (QED) is 0.867. The number of amides is 1. The Morgan fingerprint density at radius 1 is 1.14 bits per heavy atom. The van der Waals surface area contributed by atoms with E-state index in [9.17, 15) is 4.79 Å². The van der Waals surface area contributed by atoms with Gasteiger partial charge >= 0.3 is 0 Å². The van der Waals surface area contributed by atoms with Gasteiger partial charge in [0.1, 0.15) is 0 Å². The second-order valence-electron chi connectivity index (χ2n) is 9.38. The van der Waals surface area contributed by atoms with Gasteiger partial charge in [0.2, 0.25) is 5.91 Å². The minimum atomic E-state index is 0.334. The molecule has 0 radical (unpaired) electrons. The van der Waals surface area contributed by atoms with Crippen molar-refractivity contribution >= 4 is 5.91 Å². The van der Waals surface area contributed by atoms with E-state index < -0.39 is 0 Å². The Labute approximate surface area is 173 Å². The number of rotatable bonds is 4. The number of piperidine rings is 3. The predicted molar refractivity (Wildman–Crippen MR) is 113 cm³/mol. The summed E-state index contributed by atoms with van der Waals surface area (Å²) in [6.07, 6.45) is 5.22. The van der Waals surface area contributed by atoms with Gasteiger partial charge in [-0.3, -0.25) is 14.8 Å². The first-order valence-electron chi connectivity index (χ1n) is 11.2. The van der Waals surface area contributed by atoms with E-state index >= 15 is 0 Å². The highest BCUT2D eigenvalue weighted by atomic mass is 16.2. The molecule has 2 bridgehead atoms. The smallest absolute Gasteiger partial charge is 0.223 e. The van der Waals surface area contributed by atoms with Crippen molar-refractivity contribution in [3.05, 3.63) is 52.8 Å². The van der Waals surface area contributed by atoms with Gasteiger partial charge in [0.15, 0.2) is 0 Å². The van der Waals surface area contributed by atoms with Crippen LogP contribution >= 0.6 is 0 Å². The summed E-state index contributed by atoms with van der Waals surface area (Å²) in [6.45, 7) is 7.38. The van der Waals surface area contributed by atoms with Gasteiger partial charge in [0.05, 0.1) is 5.69 Å². The third-order valence-corrected chi connectivity index (χ3v) is 7.52. The molecule has 3 aliphatic heterocycles. The van der Waals surface area contributed by atoms with E-state index in [0.717, 1.165) is 44.6 Å². The fourth-order valence-corrected chi connectivity index (χ4v) is 6.15. The number of aryl methyl sites for hydroxylation is 2. The molecule has 1 amide bonds. The molecule has 3 aliphatic rings. The van der Waals surface area contributed by atoms with Gasteiger partial charge in [-0.2, -0.15) is 5.10 Å². The van der Waals surface area contributed by atoms with Crippen molar-refractivity contribution in [3.8, 4) is 0 Å². The zero-order valence-corrected chi connectivity index (χ0v) is 17.6. The average molecular weight is 393 g/mol. The monoisotopic (exact) mass is 392 g/mol. The molecule has 0 aliphatic carbocycles. The number of carbonyl (C=O) groups excluding carboxylic acids is 1. The molecule has 5 nitrogen and oxygen atoms in total. The number of aromatic amines is 1. The van der Waals surface area contributed by atoms with E-state index in [1.807, 2.05) is 0 Å². The molecular formula is C24H32N4O. The second kappa shape index (κ2) is 7.60. The maximum absolute atomic E-state index is 13.0. The molecule has 0 unspecified atom stereocenters. The zero-order valence-electron chi connectivity index (χ0n) is 17.6. The molecule has 5 rings (SSSR count). The Morgan fingerprint density at radius 2 is 1.93 bits per heavy atom. The maximum atomic E-state index is 13.0. The summed E-state index contributed by atoms with van der Waals surface area (Å²) in [4.78, 5) is 18.0. The van der Waals surface area contributed by atoms with Crippen LogP contribution in [0.1, 0.15) is 48.2 Å². The minimum absolute atomic E-state index is 0.334. The number of H-pyrrole nitrogens is 1. The van der Waals surface area contributed by atoms with Gasteiger partial charge in [0.25, 0.3) is 0 Å². The van der Waals surface area contributed by atoms with Crippen LogP contribution in [0.15, 0.2) is 30.3 Å². The normalized spacial score (nSPS) is 29.7. The average Bonchev–Trinajstić information content (AvgIpc) is 3.04. The van der Waals surface area contributed by atoms with Crippen LogP contribution in [0.25, 0.3) is 0 Å². The molecule has 1 N–H and O–H groups in total. The topological polar surface area (TPSA) is 52.2 Å².